The Balaban J connectivity index is 1.91. The van der Waals surface area contributed by atoms with Gasteiger partial charge in [0.05, 0.1) is 17.1 Å². The smallest absolute Gasteiger partial charge is 0.387 e. The monoisotopic (exact) mass is 298 g/mol. The molecule has 7 heteroatoms. The largest absolute Gasteiger partial charge is 0.435 e. The van der Waals surface area contributed by atoms with Gasteiger partial charge in [-0.3, -0.25) is 4.79 Å². The summed E-state index contributed by atoms with van der Waals surface area (Å²) in [7, 11) is 0. The molecule has 0 radical (unpaired) electrons. The van der Waals surface area contributed by atoms with E-state index in [0.29, 0.717) is 11.4 Å². The lowest BCUT2D eigenvalue weighted by Gasteiger charge is -2.07. The molecule has 1 amide bonds. The summed E-state index contributed by atoms with van der Waals surface area (Å²) in [5.41, 5.74) is 1.23. The van der Waals surface area contributed by atoms with Gasteiger partial charge in [-0.1, -0.05) is 0 Å². The van der Waals surface area contributed by atoms with E-state index < -0.39 is 6.61 Å². The van der Waals surface area contributed by atoms with Crippen molar-refractivity contribution in [1.82, 2.24) is 4.98 Å². The molecule has 0 unspecified atom stereocenters. The van der Waals surface area contributed by atoms with E-state index in [1.807, 2.05) is 12.3 Å². The van der Waals surface area contributed by atoms with E-state index in [2.05, 4.69) is 15.0 Å². The van der Waals surface area contributed by atoms with E-state index in [4.69, 9.17) is 0 Å². The number of hydrogen-bond donors (Lipinski definition) is 1. The number of nitrogens with zero attached hydrogens (tertiary/aromatic N) is 1. The molecule has 0 saturated carbocycles. The number of carbonyl (C=O) groups is 1. The zero-order valence-corrected chi connectivity index (χ0v) is 11.4. The van der Waals surface area contributed by atoms with Crippen molar-refractivity contribution >= 4 is 22.9 Å². The van der Waals surface area contributed by atoms with Crippen LogP contribution in [0.5, 0.6) is 5.75 Å². The van der Waals surface area contributed by atoms with Crippen molar-refractivity contribution in [3.8, 4) is 5.75 Å². The zero-order valence-electron chi connectivity index (χ0n) is 10.6. The second-order valence-corrected chi connectivity index (χ2v) is 5.05. The Bertz CT molecular complexity index is 584. The zero-order chi connectivity index (χ0) is 14.5. The third kappa shape index (κ3) is 4.27. The molecule has 4 nitrogen and oxygen atoms in total. The van der Waals surface area contributed by atoms with Crippen LogP contribution in [0.1, 0.15) is 10.7 Å². The molecule has 0 atom stereocenters. The number of hydrogen-bond acceptors (Lipinski definition) is 4. The van der Waals surface area contributed by atoms with Crippen molar-refractivity contribution < 1.29 is 18.3 Å². The Morgan fingerprint density at radius 2 is 2.10 bits per heavy atom. The molecule has 0 spiro atoms. The minimum absolute atomic E-state index is 0.0492. The lowest BCUT2D eigenvalue weighted by atomic mass is 10.2. The number of anilines is 1. The van der Waals surface area contributed by atoms with Crippen LogP contribution >= 0.6 is 11.3 Å². The van der Waals surface area contributed by atoms with Crippen LogP contribution in [0, 0.1) is 6.92 Å². The van der Waals surface area contributed by atoms with Gasteiger partial charge in [0, 0.05) is 11.1 Å². The highest BCUT2D eigenvalue weighted by atomic mass is 32.1. The summed E-state index contributed by atoms with van der Waals surface area (Å²) in [6, 6.07) is 5.74. The first-order valence-electron chi connectivity index (χ1n) is 5.78. The van der Waals surface area contributed by atoms with Crippen molar-refractivity contribution in [2.24, 2.45) is 0 Å². The van der Waals surface area contributed by atoms with Gasteiger partial charge in [-0.2, -0.15) is 8.78 Å². The molecule has 1 aromatic carbocycles. The highest BCUT2D eigenvalue weighted by Gasteiger charge is 2.08. The fourth-order valence-corrected chi connectivity index (χ4v) is 2.19. The van der Waals surface area contributed by atoms with Gasteiger partial charge >= 0.3 is 6.61 Å². The lowest BCUT2D eigenvalue weighted by molar-refractivity contribution is -0.115. The van der Waals surface area contributed by atoms with E-state index in [1.165, 1.54) is 35.6 Å². The van der Waals surface area contributed by atoms with Gasteiger partial charge < -0.3 is 10.1 Å². The summed E-state index contributed by atoms with van der Waals surface area (Å²) >= 11 is 1.48. The molecule has 1 heterocycles. The number of amides is 1. The van der Waals surface area contributed by atoms with Gasteiger partial charge in [-0.15, -0.1) is 11.3 Å². The number of carbonyl (C=O) groups excluding carboxylic acids is 1. The maximum atomic E-state index is 12.0. The van der Waals surface area contributed by atoms with Gasteiger partial charge in [0.15, 0.2) is 0 Å². The fraction of sp³-hybridized carbons (Fsp3) is 0.231. The van der Waals surface area contributed by atoms with Gasteiger partial charge in [0.2, 0.25) is 5.91 Å². The number of ether oxygens (including phenoxy) is 1. The van der Waals surface area contributed by atoms with Gasteiger partial charge in [0.25, 0.3) is 0 Å². The third-order valence-electron chi connectivity index (χ3n) is 2.37. The normalized spacial score (nSPS) is 10.6. The SMILES string of the molecule is Cc1nc(CC(=O)Nc2ccc(OC(F)F)cc2)cs1. The average Bonchev–Trinajstić information content (AvgIpc) is 2.76. The third-order valence-corrected chi connectivity index (χ3v) is 3.19. The molecule has 0 aliphatic carbocycles. The average molecular weight is 298 g/mol. The molecule has 0 aliphatic rings. The van der Waals surface area contributed by atoms with Crippen LogP contribution in [0.25, 0.3) is 0 Å². The van der Waals surface area contributed by atoms with Crippen molar-refractivity contribution in [2.75, 3.05) is 5.32 Å². The summed E-state index contributed by atoms with van der Waals surface area (Å²) in [5, 5.41) is 5.39. The second-order valence-electron chi connectivity index (χ2n) is 3.99. The molecule has 0 fully saturated rings. The molecule has 106 valence electrons. The predicted octanol–water partition coefficient (Wildman–Crippen LogP) is 3.23. The first-order chi connectivity index (χ1) is 9.52. The summed E-state index contributed by atoms with van der Waals surface area (Å²) in [5.74, 6) is -0.161. The summed E-state index contributed by atoms with van der Waals surface area (Å²) in [4.78, 5) is 15.9. The number of rotatable bonds is 5. The predicted molar refractivity (Wildman–Crippen MR) is 72.3 cm³/mol. The van der Waals surface area contributed by atoms with Crippen LogP contribution < -0.4 is 10.1 Å². The molecule has 0 aliphatic heterocycles. The highest BCUT2D eigenvalue weighted by molar-refractivity contribution is 7.09. The fourth-order valence-electron chi connectivity index (χ4n) is 1.58. The van der Waals surface area contributed by atoms with E-state index in [9.17, 15) is 13.6 Å². The topological polar surface area (TPSA) is 51.2 Å². The number of aromatic nitrogens is 1. The lowest BCUT2D eigenvalue weighted by Crippen LogP contribution is -2.14. The Kier molecular flexibility index (Phi) is 4.62. The van der Waals surface area contributed by atoms with Crippen molar-refractivity contribution in [3.05, 3.63) is 40.3 Å². The Hall–Kier alpha value is -2.02. The van der Waals surface area contributed by atoms with Gasteiger partial charge in [0.1, 0.15) is 5.75 Å². The molecule has 0 bridgehead atoms. The first kappa shape index (κ1) is 14.4. The van der Waals surface area contributed by atoms with Gasteiger partial charge in [-0.25, -0.2) is 4.98 Å². The molecule has 2 aromatic rings. The first-order valence-corrected chi connectivity index (χ1v) is 6.66. The molecular formula is C13H12F2N2O2S. The number of halogens is 2. The maximum absolute atomic E-state index is 12.0. The maximum Gasteiger partial charge on any atom is 0.387 e. The van der Waals surface area contributed by atoms with Crippen LogP contribution in [-0.2, 0) is 11.2 Å². The standard InChI is InChI=1S/C13H12F2N2O2S/c1-8-16-10(7-20-8)6-12(18)17-9-2-4-11(5-3-9)19-13(14)15/h2-5,7,13H,6H2,1H3,(H,17,18). The summed E-state index contributed by atoms with van der Waals surface area (Å²) < 4.78 is 28.2. The minimum Gasteiger partial charge on any atom is -0.435 e. The van der Waals surface area contributed by atoms with Crippen LogP contribution in [-0.4, -0.2) is 17.5 Å². The van der Waals surface area contributed by atoms with Crippen molar-refractivity contribution in [1.29, 1.82) is 0 Å². The minimum atomic E-state index is -2.86. The number of alkyl halides is 2. The van der Waals surface area contributed by atoms with E-state index in [0.717, 1.165) is 5.01 Å². The molecule has 2 rings (SSSR count). The number of nitrogens with one attached hydrogen (secondary N) is 1. The van der Waals surface area contributed by atoms with Crippen molar-refractivity contribution in [2.45, 2.75) is 20.0 Å². The molecular weight excluding hydrogens is 286 g/mol. The molecule has 1 aromatic heterocycles. The Morgan fingerprint density at radius 3 is 2.65 bits per heavy atom. The number of benzene rings is 1. The number of thiazole rings is 1. The van der Waals surface area contributed by atoms with Crippen LogP contribution in [0.4, 0.5) is 14.5 Å². The second kappa shape index (κ2) is 6.42. The van der Waals surface area contributed by atoms with Gasteiger partial charge in [-0.05, 0) is 31.2 Å². The summed E-state index contributed by atoms with van der Waals surface area (Å²) in [6.45, 7) is -0.989. The highest BCUT2D eigenvalue weighted by Crippen LogP contribution is 2.18. The molecule has 20 heavy (non-hydrogen) atoms. The Labute approximate surface area is 118 Å². The summed E-state index contributed by atoms with van der Waals surface area (Å²) in [6.07, 6.45) is 0.180. The van der Waals surface area contributed by atoms with Crippen LogP contribution in [0.3, 0.4) is 0 Å². The van der Waals surface area contributed by atoms with Crippen molar-refractivity contribution in [3.63, 3.8) is 0 Å². The quantitative estimate of drug-likeness (QED) is 0.922. The molecule has 1 N–H and O–H groups in total. The van der Waals surface area contributed by atoms with Crippen LogP contribution in [0.15, 0.2) is 29.6 Å². The van der Waals surface area contributed by atoms with E-state index in [1.54, 1.807) is 0 Å². The van der Waals surface area contributed by atoms with E-state index >= 15 is 0 Å². The molecule has 0 saturated heterocycles. The number of aryl methyl sites for hydroxylation is 1. The Morgan fingerprint density at radius 1 is 1.40 bits per heavy atom. The van der Waals surface area contributed by atoms with E-state index in [-0.39, 0.29) is 18.1 Å². The van der Waals surface area contributed by atoms with Crippen LogP contribution in [0.2, 0.25) is 0 Å².